The number of carbonyl (C=O) groups is 1. The Morgan fingerprint density at radius 3 is 2.60 bits per heavy atom. The fourth-order valence-corrected chi connectivity index (χ4v) is 3.94. The van der Waals surface area contributed by atoms with Crippen LogP contribution in [-0.2, 0) is 4.79 Å². The van der Waals surface area contributed by atoms with Gasteiger partial charge in [-0.1, -0.05) is 46.9 Å². The lowest BCUT2D eigenvalue weighted by molar-refractivity contribution is -0.117. The summed E-state index contributed by atoms with van der Waals surface area (Å²) in [6.45, 7) is 1.02. The second-order valence-electron chi connectivity index (χ2n) is 6.37. The highest BCUT2D eigenvalue weighted by molar-refractivity contribution is 7.80. The molecule has 30 heavy (non-hydrogen) atoms. The molecule has 158 valence electrons. The maximum Gasteiger partial charge on any atom is 0.245 e. The molecule has 0 radical (unpaired) electrons. The number of nitrogens with one attached hydrogen (secondary N) is 1. The first-order valence-electron chi connectivity index (χ1n) is 8.97. The zero-order valence-electron chi connectivity index (χ0n) is 16.0. The highest BCUT2D eigenvalue weighted by Crippen LogP contribution is 2.36. The summed E-state index contributed by atoms with van der Waals surface area (Å²) in [7, 11) is 1.59. The summed E-state index contributed by atoms with van der Waals surface area (Å²) in [5, 5.41) is 3.17. The number of pyridine rings is 1. The SMILES string of the molecule is COc1ccccc1N1CCN(C(NC(=O)/C=C/c2ccncc2)C(Cl)(Cl)Cl)C1=S. The van der Waals surface area contributed by atoms with Crippen LogP contribution in [-0.4, -0.2) is 51.1 Å². The third kappa shape index (κ3) is 5.35. The Morgan fingerprint density at radius 1 is 1.23 bits per heavy atom. The number of halogens is 3. The van der Waals surface area contributed by atoms with E-state index in [1.807, 2.05) is 29.2 Å². The molecule has 0 saturated carbocycles. The molecular formula is C20H19Cl3N4O2S. The third-order valence-corrected chi connectivity index (χ3v) is 5.53. The summed E-state index contributed by atoms with van der Waals surface area (Å²) in [5.41, 5.74) is 1.63. The van der Waals surface area contributed by atoms with E-state index in [4.69, 9.17) is 51.8 Å². The molecule has 0 aliphatic carbocycles. The number of para-hydroxylation sites is 2. The van der Waals surface area contributed by atoms with Gasteiger partial charge in [-0.15, -0.1) is 0 Å². The second-order valence-corrected chi connectivity index (χ2v) is 9.10. The molecule has 10 heteroatoms. The summed E-state index contributed by atoms with van der Waals surface area (Å²) in [4.78, 5) is 20.0. The molecule has 1 aliphatic heterocycles. The number of methoxy groups -OCH3 is 1. The molecule has 1 aliphatic rings. The average molecular weight is 486 g/mol. The van der Waals surface area contributed by atoms with Crippen LogP contribution >= 0.6 is 47.0 Å². The number of amides is 1. The van der Waals surface area contributed by atoms with Crippen molar-refractivity contribution in [2.45, 2.75) is 9.96 Å². The molecular weight excluding hydrogens is 467 g/mol. The van der Waals surface area contributed by atoms with E-state index < -0.39 is 15.9 Å². The van der Waals surface area contributed by atoms with E-state index in [1.54, 1.807) is 42.6 Å². The van der Waals surface area contributed by atoms with E-state index in [9.17, 15) is 4.79 Å². The monoisotopic (exact) mass is 484 g/mol. The first-order chi connectivity index (χ1) is 14.3. The fraction of sp³-hybridized carbons (Fsp3) is 0.250. The standard InChI is InChI=1S/C20H19Cl3N4O2S/c1-29-16-5-3-2-4-15(16)26-12-13-27(19(26)30)18(20(21,22)23)25-17(28)7-6-14-8-10-24-11-9-14/h2-11,18H,12-13H2,1H3,(H,25,28)/b7-6+. The Kier molecular flexibility index (Phi) is 7.41. The minimum atomic E-state index is -1.80. The molecule has 1 aromatic heterocycles. The van der Waals surface area contributed by atoms with Crippen molar-refractivity contribution in [2.75, 3.05) is 25.1 Å². The van der Waals surface area contributed by atoms with Crippen molar-refractivity contribution in [1.29, 1.82) is 0 Å². The zero-order valence-corrected chi connectivity index (χ0v) is 19.0. The number of ether oxygens (including phenoxy) is 1. The Balaban J connectivity index is 1.77. The van der Waals surface area contributed by atoms with Gasteiger partial charge in [0.15, 0.2) is 11.3 Å². The summed E-state index contributed by atoms with van der Waals surface area (Å²) in [6, 6.07) is 11.1. The number of hydrogen-bond acceptors (Lipinski definition) is 4. The van der Waals surface area contributed by atoms with Crippen LogP contribution in [0.3, 0.4) is 0 Å². The molecule has 1 aromatic carbocycles. The molecule has 1 amide bonds. The van der Waals surface area contributed by atoms with Crippen molar-refractivity contribution in [1.82, 2.24) is 15.2 Å². The lowest BCUT2D eigenvalue weighted by Crippen LogP contribution is -2.56. The molecule has 1 atom stereocenters. The normalized spacial score (nSPS) is 15.5. The van der Waals surface area contributed by atoms with E-state index in [1.165, 1.54) is 6.08 Å². The largest absolute Gasteiger partial charge is 0.495 e. The Labute approximate surface area is 195 Å². The van der Waals surface area contributed by atoms with Gasteiger partial charge < -0.3 is 19.9 Å². The average Bonchev–Trinajstić information content (AvgIpc) is 3.11. The molecule has 6 nitrogen and oxygen atoms in total. The van der Waals surface area contributed by atoms with Gasteiger partial charge in [-0.3, -0.25) is 9.78 Å². The van der Waals surface area contributed by atoms with Crippen molar-refractivity contribution in [2.24, 2.45) is 0 Å². The first-order valence-corrected chi connectivity index (χ1v) is 10.5. The topological polar surface area (TPSA) is 57.7 Å². The van der Waals surface area contributed by atoms with Crippen molar-refractivity contribution in [3.8, 4) is 5.75 Å². The van der Waals surface area contributed by atoms with Crippen molar-refractivity contribution in [3.63, 3.8) is 0 Å². The van der Waals surface area contributed by atoms with Crippen LogP contribution in [0, 0.1) is 0 Å². The first kappa shape index (κ1) is 22.6. The van der Waals surface area contributed by atoms with Gasteiger partial charge in [-0.2, -0.15) is 0 Å². The maximum absolute atomic E-state index is 12.5. The number of hydrogen-bond donors (Lipinski definition) is 1. The van der Waals surface area contributed by atoms with E-state index in [0.29, 0.717) is 24.0 Å². The number of alkyl halides is 3. The van der Waals surface area contributed by atoms with Crippen molar-refractivity contribution in [3.05, 3.63) is 60.4 Å². The summed E-state index contributed by atoms with van der Waals surface area (Å²) in [6.07, 6.45) is 5.34. The summed E-state index contributed by atoms with van der Waals surface area (Å²) >= 11 is 24.2. The molecule has 3 rings (SSSR count). The van der Waals surface area contributed by atoms with E-state index >= 15 is 0 Å². The van der Waals surface area contributed by atoms with Gasteiger partial charge in [0, 0.05) is 31.6 Å². The molecule has 1 N–H and O–H groups in total. The van der Waals surface area contributed by atoms with Crippen molar-refractivity contribution >= 4 is 69.8 Å². The van der Waals surface area contributed by atoms with Gasteiger partial charge in [0.25, 0.3) is 0 Å². The number of carbonyl (C=O) groups excluding carboxylic acids is 1. The van der Waals surface area contributed by atoms with Gasteiger partial charge in [-0.05, 0) is 48.1 Å². The van der Waals surface area contributed by atoms with Crippen LogP contribution < -0.4 is 15.0 Å². The van der Waals surface area contributed by atoms with E-state index in [0.717, 1.165) is 11.3 Å². The predicted octanol–water partition coefficient (Wildman–Crippen LogP) is 4.02. The van der Waals surface area contributed by atoms with Crippen LogP contribution in [0.1, 0.15) is 5.56 Å². The van der Waals surface area contributed by atoms with Gasteiger partial charge in [0.2, 0.25) is 9.70 Å². The second kappa shape index (κ2) is 9.83. The molecule has 0 spiro atoms. The Morgan fingerprint density at radius 2 is 1.93 bits per heavy atom. The van der Waals surface area contributed by atoms with Crippen LogP contribution in [0.15, 0.2) is 54.9 Å². The Bertz CT molecular complexity index is 937. The van der Waals surface area contributed by atoms with Crippen LogP contribution in [0.5, 0.6) is 5.75 Å². The summed E-state index contributed by atoms with van der Waals surface area (Å²) in [5.74, 6) is 0.262. The van der Waals surface area contributed by atoms with E-state index in [-0.39, 0.29) is 0 Å². The van der Waals surface area contributed by atoms with Gasteiger partial charge in [0.1, 0.15) is 5.75 Å². The van der Waals surface area contributed by atoms with Gasteiger partial charge >= 0.3 is 0 Å². The molecule has 1 unspecified atom stereocenters. The lowest BCUT2D eigenvalue weighted by Gasteiger charge is -2.34. The van der Waals surface area contributed by atoms with Crippen molar-refractivity contribution < 1.29 is 9.53 Å². The smallest absolute Gasteiger partial charge is 0.245 e. The van der Waals surface area contributed by atoms with E-state index in [2.05, 4.69) is 10.3 Å². The Hall–Kier alpha value is -2.06. The third-order valence-electron chi connectivity index (χ3n) is 4.45. The summed E-state index contributed by atoms with van der Waals surface area (Å²) < 4.78 is 3.62. The van der Waals surface area contributed by atoms with Crippen LogP contribution in [0.4, 0.5) is 5.69 Å². The number of anilines is 1. The quantitative estimate of drug-likeness (QED) is 0.379. The lowest BCUT2D eigenvalue weighted by atomic mass is 10.2. The molecule has 0 bridgehead atoms. The number of nitrogens with zero attached hydrogens (tertiary/aromatic N) is 3. The predicted molar refractivity (Wildman–Crippen MR) is 125 cm³/mol. The number of benzene rings is 1. The molecule has 2 heterocycles. The molecule has 2 aromatic rings. The number of rotatable bonds is 6. The minimum absolute atomic E-state index is 0.415. The van der Waals surface area contributed by atoms with Gasteiger partial charge in [-0.25, -0.2) is 0 Å². The van der Waals surface area contributed by atoms with Crippen LogP contribution in [0.2, 0.25) is 0 Å². The molecule has 1 saturated heterocycles. The maximum atomic E-state index is 12.5. The highest BCUT2D eigenvalue weighted by Gasteiger charge is 2.43. The zero-order chi connectivity index (χ0) is 21.7. The fourth-order valence-electron chi connectivity index (χ4n) is 3.04. The number of thiocarbonyl (C=S) groups is 1. The minimum Gasteiger partial charge on any atom is -0.495 e. The molecule has 1 fully saturated rings. The highest BCUT2D eigenvalue weighted by atomic mass is 35.6. The van der Waals surface area contributed by atoms with Crippen LogP contribution in [0.25, 0.3) is 6.08 Å². The van der Waals surface area contributed by atoms with Gasteiger partial charge in [0.05, 0.1) is 12.8 Å². The number of aromatic nitrogens is 1.